The van der Waals surface area contributed by atoms with E-state index in [-0.39, 0.29) is 11.0 Å². The molecule has 108 valence electrons. The van der Waals surface area contributed by atoms with Crippen molar-refractivity contribution in [2.24, 2.45) is 0 Å². The first-order valence-electron chi connectivity index (χ1n) is 7.02. The minimum Gasteiger partial charge on any atom is -0.455 e. The van der Waals surface area contributed by atoms with Gasteiger partial charge in [0.2, 0.25) is 0 Å². The lowest BCUT2D eigenvalue weighted by Crippen LogP contribution is -2.27. The van der Waals surface area contributed by atoms with Crippen LogP contribution in [0.3, 0.4) is 0 Å². The summed E-state index contributed by atoms with van der Waals surface area (Å²) < 4.78 is 5.79. The highest BCUT2D eigenvalue weighted by atomic mass is 16.7. The molecule has 1 saturated carbocycles. The van der Waals surface area contributed by atoms with E-state index >= 15 is 0 Å². The molecular weight excluding hydrogens is 268 g/mol. The molecule has 3 N–H and O–H groups in total. The summed E-state index contributed by atoms with van der Waals surface area (Å²) in [5.74, 6) is -2.91. The molecule has 0 radical (unpaired) electrons. The molecule has 1 aliphatic rings. The first kappa shape index (κ1) is 12.8. The Morgan fingerprint density at radius 3 is 2.38 bits per heavy atom. The molecule has 4 heteroatoms. The second kappa shape index (κ2) is 3.85. The van der Waals surface area contributed by atoms with Gasteiger partial charge in [0.15, 0.2) is 0 Å². The fourth-order valence-electron chi connectivity index (χ4n) is 3.08. The van der Waals surface area contributed by atoms with Gasteiger partial charge < -0.3 is 19.7 Å². The molecule has 1 aromatic heterocycles. The maximum atomic E-state index is 9.84. The molecule has 0 aliphatic heterocycles. The number of para-hydroxylation sites is 1. The van der Waals surface area contributed by atoms with Gasteiger partial charge in [-0.1, -0.05) is 37.3 Å². The summed E-state index contributed by atoms with van der Waals surface area (Å²) in [6.07, 6.45) is 1.92. The normalized spacial score (nSPS) is 17.5. The Bertz CT molecular complexity index is 850. The van der Waals surface area contributed by atoms with Crippen LogP contribution in [0.25, 0.3) is 21.9 Å². The minimum atomic E-state index is -2.91. The lowest BCUT2D eigenvalue weighted by molar-refractivity contribution is -0.323. The molecular formula is C17H16O4. The Balaban J connectivity index is 2.15. The molecule has 1 heterocycles. The Kier molecular flexibility index (Phi) is 2.35. The van der Waals surface area contributed by atoms with E-state index in [1.807, 2.05) is 43.3 Å². The average molecular weight is 284 g/mol. The number of aliphatic hydroxyl groups is 3. The molecule has 0 amide bonds. The van der Waals surface area contributed by atoms with E-state index in [1.54, 1.807) is 0 Å². The lowest BCUT2D eigenvalue weighted by atomic mass is 9.90. The van der Waals surface area contributed by atoms with Crippen molar-refractivity contribution in [2.45, 2.75) is 31.2 Å². The van der Waals surface area contributed by atoms with Gasteiger partial charge in [0.1, 0.15) is 11.2 Å². The van der Waals surface area contributed by atoms with Crippen molar-refractivity contribution < 1.29 is 19.7 Å². The molecule has 0 spiro atoms. The van der Waals surface area contributed by atoms with E-state index in [0.29, 0.717) is 11.2 Å². The molecule has 1 aliphatic carbocycles. The zero-order valence-electron chi connectivity index (χ0n) is 11.6. The first-order valence-corrected chi connectivity index (χ1v) is 7.02. The van der Waals surface area contributed by atoms with Gasteiger partial charge in [0.25, 0.3) is 0 Å². The second-order valence-electron chi connectivity index (χ2n) is 6.16. The van der Waals surface area contributed by atoms with Crippen LogP contribution >= 0.6 is 0 Å². The zero-order valence-corrected chi connectivity index (χ0v) is 11.6. The predicted octanol–water partition coefficient (Wildman–Crippen LogP) is 2.72. The van der Waals surface area contributed by atoms with Crippen LogP contribution < -0.4 is 0 Å². The molecule has 2 aromatic carbocycles. The summed E-state index contributed by atoms with van der Waals surface area (Å²) in [5.41, 5.74) is 1.69. The van der Waals surface area contributed by atoms with Crippen LogP contribution in [0.2, 0.25) is 0 Å². The quantitative estimate of drug-likeness (QED) is 0.633. The third-order valence-corrected chi connectivity index (χ3v) is 4.53. The van der Waals surface area contributed by atoms with E-state index in [1.165, 1.54) is 0 Å². The van der Waals surface area contributed by atoms with Crippen molar-refractivity contribution in [1.29, 1.82) is 0 Å². The highest BCUT2D eigenvalue weighted by Gasteiger charge is 2.45. The Morgan fingerprint density at radius 2 is 1.71 bits per heavy atom. The standard InChI is InChI=1S/C17H16O4/c1-16(8-9-16)12-7-6-11-10-4-2-3-5-13(10)21-15(11)14(12)17(18,19)20/h2-7,18-20H,8-9H2,1H3. The van der Waals surface area contributed by atoms with E-state index in [0.717, 1.165) is 29.2 Å². The van der Waals surface area contributed by atoms with Gasteiger partial charge in [-0.15, -0.1) is 0 Å². The Morgan fingerprint density at radius 1 is 1.00 bits per heavy atom. The molecule has 4 rings (SSSR count). The highest BCUT2D eigenvalue weighted by Crippen LogP contribution is 2.51. The van der Waals surface area contributed by atoms with Crippen molar-refractivity contribution in [3.05, 3.63) is 47.5 Å². The summed E-state index contributed by atoms with van der Waals surface area (Å²) in [4.78, 5) is 0. The van der Waals surface area contributed by atoms with Crippen LogP contribution in [0.1, 0.15) is 30.9 Å². The van der Waals surface area contributed by atoms with Gasteiger partial charge >= 0.3 is 5.97 Å². The number of hydrogen-bond acceptors (Lipinski definition) is 4. The maximum absolute atomic E-state index is 9.84. The van der Waals surface area contributed by atoms with Crippen LogP contribution in [0.5, 0.6) is 0 Å². The summed E-state index contributed by atoms with van der Waals surface area (Å²) in [5, 5.41) is 31.2. The van der Waals surface area contributed by atoms with Gasteiger partial charge in [-0.05, 0) is 29.9 Å². The molecule has 0 saturated heterocycles. The fourth-order valence-corrected chi connectivity index (χ4v) is 3.08. The maximum Gasteiger partial charge on any atom is 0.308 e. The number of rotatable bonds is 2. The number of benzene rings is 2. The zero-order chi connectivity index (χ0) is 14.8. The Labute approximate surface area is 121 Å². The lowest BCUT2D eigenvalue weighted by Gasteiger charge is -2.22. The third-order valence-electron chi connectivity index (χ3n) is 4.53. The van der Waals surface area contributed by atoms with E-state index in [2.05, 4.69) is 0 Å². The van der Waals surface area contributed by atoms with Crippen molar-refractivity contribution in [3.63, 3.8) is 0 Å². The van der Waals surface area contributed by atoms with E-state index in [4.69, 9.17) is 4.42 Å². The van der Waals surface area contributed by atoms with Crippen LogP contribution in [-0.4, -0.2) is 15.3 Å². The molecule has 4 nitrogen and oxygen atoms in total. The van der Waals surface area contributed by atoms with Crippen LogP contribution in [0.4, 0.5) is 0 Å². The fraction of sp³-hybridized carbons (Fsp3) is 0.294. The topological polar surface area (TPSA) is 73.8 Å². The predicted molar refractivity (Wildman–Crippen MR) is 78.6 cm³/mol. The van der Waals surface area contributed by atoms with Crippen molar-refractivity contribution in [3.8, 4) is 0 Å². The smallest absolute Gasteiger partial charge is 0.308 e. The van der Waals surface area contributed by atoms with Gasteiger partial charge in [-0.25, -0.2) is 0 Å². The van der Waals surface area contributed by atoms with Gasteiger partial charge in [0, 0.05) is 10.8 Å². The molecule has 0 bridgehead atoms. The first-order chi connectivity index (χ1) is 9.90. The van der Waals surface area contributed by atoms with Crippen LogP contribution in [0.15, 0.2) is 40.8 Å². The Hall–Kier alpha value is -1.88. The summed E-state index contributed by atoms with van der Waals surface area (Å²) in [6.45, 7) is 2.05. The molecule has 3 aromatic rings. The summed E-state index contributed by atoms with van der Waals surface area (Å²) in [7, 11) is 0. The summed E-state index contributed by atoms with van der Waals surface area (Å²) >= 11 is 0. The van der Waals surface area contributed by atoms with Gasteiger partial charge in [-0.3, -0.25) is 0 Å². The van der Waals surface area contributed by atoms with E-state index in [9.17, 15) is 15.3 Å². The molecule has 0 atom stereocenters. The molecule has 1 fully saturated rings. The van der Waals surface area contributed by atoms with Gasteiger partial charge in [0.05, 0.1) is 5.56 Å². The minimum absolute atomic E-state index is 0.0659. The molecule has 0 unspecified atom stereocenters. The van der Waals surface area contributed by atoms with Crippen molar-refractivity contribution in [2.75, 3.05) is 0 Å². The summed E-state index contributed by atoms with van der Waals surface area (Å²) in [6, 6.07) is 11.3. The highest BCUT2D eigenvalue weighted by molar-refractivity contribution is 6.06. The van der Waals surface area contributed by atoms with Crippen molar-refractivity contribution >= 4 is 21.9 Å². The largest absolute Gasteiger partial charge is 0.455 e. The van der Waals surface area contributed by atoms with Crippen molar-refractivity contribution in [1.82, 2.24) is 0 Å². The van der Waals surface area contributed by atoms with Crippen LogP contribution in [-0.2, 0) is 11.4 Å². The monoisotopic (exact) mass is 284 g/mol. The average Bonchev–Trinajstić information content (AvgIpc) is 3.06. The van der Waals surface area contributed by atoms with E-state index < -0.39 is 5.97 Å². The third kappa shape index (κ3) is 1.80. The number of furan rings is 1. The number of hydrogen-bond donors (Lipinski definition) is 3. The SMILES string of the molecule is CC1(c2ccc3c(oc4ccccc43)c2C(O)(O)O)CC1. The van der Waals surface area contributed by atoms with Gasteiger partial charge in [-0.2, -0.15) is 0 Å². The second-order valence-corrected chi connectivity index (χ2v) is 6.16. The number of fused-ring (bicyclic) bond motifs is 3. The van der Waals surface area contributed by atoms with Crippen LogP contribution in [0, 0.1) is 0 Å². The molecule has 21 heavy (non-hydrogen) atoms.